The van der Waals surface area contributed by atoms with E-state index in [1.807, 2.05) is 12.1 Å². The van der Waals surface area contributed by atoms with E-state index in [2.05, 4.69) is 0 Å². The molecule has 0 radical (unpaired) electrons. The molecule has 1 aliphatic heterocycles. The first-order valence-corrected chi connectivity index (χ1v) is 4.52. The van der Waals surface area contributed by atoms with E-state index in [1.54, 1.807) is 12.1 Å². The van der Waals surface area contributed by atoms with Crippen molar-refractivity contribution in [1.82, 2.24) is 0 Å². The minimum atomic E-state index is 0.159. The third kappa shape index (κ3) is 2.25. The molecule has 2 rings (SSSR count). The van der Waals surface area contributed by atoms with Crippen LogP contribution in [-0.2, 0) is 4.74 Å². The van der Waals surface area contributed by atoms with Crippen LogP contribution in [0.25, 0.3) is 0 Å². The molecule has 0 spiro atoms. The lowest BCUT2D eigenvalue weighted by Gasteiger charge is -2.05. The third-order valence-corrected chi connectivity index (χ3v) is 2.06. The zero-order chi connectivity index (χ0) is 10.7. The van der Waals surface area contributed by atoms with Gasteiger partial charge < -0.3 is 9.47 Å². The van der Waals surface area contributed by atoms with E-state index < -0.39 is 0 Å². The summed E-state index contributed by atoms with van der Waals surface area (Å²) in [4.78, 5) is 0. The highest BCUT2D eigenvalue weighted by atomic mass is 16.6. The van der Waals surface area contributed by atoms with Crippen LogP contribution in [0.4, 0.5) is 0 Å². The van der Waals surface area contributed by atoms with Gasteiger partial charge in [-0.1, -0.05) is 0 Å². The Kier molecular flexibility index (Phi) is 2.53. The van der Waals surface area contributed by atoms with Gasteiger partial charge in [0.05, 0.1) is 23.8 Å². The monoisotopic (exact) mass is 200 g/mol. The highest BCUT2D eigenvalue weighted by Gasteiger charge is 2.23. The van der Waals surface area contributed by atoms with Crippen molar-refractivity contribution in [3.8, 4) is 17.9 Å². The molecule has 1 heterocycles. The molecule has 1 unspecified atom stereocenters. The number of hydrogen-bond acceptors (Lipinski definition) is 4. The molecular weight excluding hydrogens is 192 g/mol. The van der Waals surface area contributed by atoms with Gasteiger partial charge >= 0.3 is 0 Å². The van der Waals surface area contributed by atoms with Crippen LogP contribution < -0.4 is 4.74 Å². The lowest BCUT2D eigenvalue weighted by molar-refractivity contribution is 0.262. The molecule has 0 N–H and O–H groups in total. The number of epoxide rings is 1. The molecule has 0 bridgehead atoms. The van der Waals surface area contributed by atoms with Crippen LogP contribution in [0, 0.1) is 22.7 Å². The van der Waals surface area contributed by atoms with Crippen LogP contribution in [0.2, 0.25) is 0 Å². The van der Waals surface area contributed by atoms with E-state index in [1.165, 1.54) is 6.07 Å². The summed E-state index contributed by atoms with van der Waals surface area (Å²) in [6, 6.07) is 8.76. The number of ether oxygens (including phenoxy) is 2. The Morgan fingerprint density at radius 1 is 1.40 bits per heavy atom. The van der Waals surface area contributed by atoms with E-state index in [4.69, 9.17) is 20.0 Å². The molecule has 1 aliphatic rings. The van der Waals surface area contributed by atoms with Crippen molar-refractivity contribution in [3.05, 3.63) is 29.3 Å². The van der Waals surface area contributed by atoms with Crippen molar-refractivity contribution in [1.29, 1.82) is 10.5 Å². The maximum absolute atomic E-state index is 8.85. The van der Waals surface area contributed by atoms with Crippen LogP contribution in [0.5, 0.6) is 5.75 Å². The second kappa shape index (κ2) is 4.00. The second-order valence-electron chi connectivity index (χ2n) is 3.20. The molecular formula is C11H8N2O2. The lowest BCUT2D eigenvalue weighted by Crippen LogP contribution is -2.05. The fourth-order valence-electron chi connectivity index (χ4n) is 1.16. The molecule has 1 saturated heterocycles. The summed E-state index contributed by atoms with van der Waals surface area (Å²) in [6.45, 7) is 1.18. The summed E-state index contributed by atoms with van der Waals surface area (Å²) in [5, 5.41) is 17.5. The third-order valence-electron chi connectivity index (χ3n) is 2.06. The maximum atomic E-state index is 8.85. The topological polar surface area (TPSA) is 69.3 Å². The maximum Gasteiger partial charge on any atom is 0.137 e. The Hall–Kier alpha value is -2.04. The zero-order valence-corrected chi connectivity index (χ0v) is 7.93. The Balaban J connectivity index is 2.15. The van der Waals surface area contributed by atoms with Crippen molar-refractivity contribution in [3.63, 3.8) is 0 Å². The van der Waals surface area contributed by atoms with Crippen molar-refractivity contribution in [2.24, 2.45) is 0 Å². The van der Waals surface area contributed by atoms with Gasteiger partial charge in [-0.3, -0.25) is 0 Å². The van der Waals surface area contributed by atoms with Gasteiger partial charge in [-0.25, -0.2) is 0 Å². The predicted molar refractivity (Wildman–Crippen MR) is 51.1 cm³/mol. The van der Waals surface area contributed by atoms with Gasteiger partial charge in [0.15, 0.2) is 0 Å². The van der Waals surface area contributed by atoms with Crippen molar-refractivity contribution < 1.29 is 9.47 Å². The molecule has 1 aromatic rings. The highest BCUT2D eigenvalue weighted by Crippen LogP contribution is 2.20. The number of benzene rings is 1. The molecule has 0 saturated carbocycles. The molecule has 4 nitrogen and oxygen atoms in total. The molecule has 1 atom stereocenters. The predicted octanol–water partition coefficient (Wildman–Crippen LogP) is 1.21. The summed E-state index contributed by atoms with van der Waals surface area (Å²) < 4.78 is 10.4. The largest absolute Gasteiger partial charge is 0.489 e. The smallest absolute Gasteiger partial charge is 0.137 e. The molecule has 0 aliphatic carbocycles. The van der Waals surface area contributed by atoms with Crippen LogP contribution in [0.15, 0.2) is 18.2 Å². The quantitative estimate of drug-likeness (QED) is 0.687. The SMILES string of the molecule is N#Cc1ccc(OCC2CO2)c(C#N)c1. The van der Waals surface area contributed by atoms with Crippen LogP contribution >= 0.6 is 0 Å². The molecule has 1 fully saturated rings. The molecule has 74 valence electrons. The van der Waals surface area contributed by atoms with Gasteiger partial charge in [0.2, 0.25) is 0 Å². The fraction of sp³-hybridized carbons (Fsp3) is 0.273. The Bertz CT molecular complexity index is 453. The molecule has 0 aromatic heterocycles. The van der Waals surface area contributed by atoms with Crippen molar-refractivity contribution >= 4 is 0 Å². The van der Waals surface area contributed by atoms with Crippen LogP contribution in [0.3, 0.4) is 0 Å². The lowest BCUT2D eigenvalue weighted by atomic mass is 10.1. The summed E-state index contributed by atoms with van der Waals surface area (Å²) in [5.41, 5.74) is 0.844. The average molecular weight is 200 g/mol. The first kappa shape index (κ1) is 9.51. The van der Waals surface area contributed by atoms with Gasteiger partial charge in [-0.15, -0.1) is 0 Å². The number of nitriles is 2. The zero-order valence-electron chi connectivity index (χ0n) is 7.93. The fourth-order valence-corrected chi connectivity index (χ4v) is 1.16. The van der Waals surface area contributed by atoms with Crippen LogP contribution in [-0.4, -0.2) is 19.3 Å². The van der Waals surface area contributed by atoms with Crippen molar-refractivity contribution in [2.75, 3.05) is 13.2 Å². The Morgan fingerprint density at radius 3 is 2.80 bits per heavy atom. The summed E-state index contributed by atoms with van der Waals surface area (Å²) in [6.07, 6.45) is 0.159. The molecule has 1 aromatic carbocycles. The number of nitrogens with zero attached hydrogens (tertiary/aromatic N) is 2. The van der Waals surface area contributed by atoms with E-state index in [9.17, 15) is 0 Å². The first-order chi connectivity index (χ1) is 7.33. The van der Waals surface area contributed by atoms with Gasteiger partial charge in [-0.05, 0) is 18.2 Å². The van der Waals surface area contributed by atoms with E-state index in [0.717, 1.165) is 6.61 Å². The average Bonchev–Trinajstić information content (AvgIpc) is 3.10. The highest BCUT2D eigenvalue weighted by molar-refractivity contribution is 5.48. The summed E-state index contributed by atoms with van der Waals surface area (Å²) in [5.74, 6) is 0.506. The Morgan fingerprint density at radius 2 is 2.20 bits per heavy atom. The number of hydrogen-bond donors (Lipinski definition) is 0. The first-order valence-electron chi connectivity index (χ1n) is 4.52. The number of rotatable bonds is 3. The normalized spacial score (nSPS) is 17.6. The minimum Gasteiger partial charge on any atom is -0.489 e. The standard InChI is InChI=1S/C11H8N2O2/c12-4-8-1-2-11(9(3-8)5-13)15-7-10-6-14-10/h1-3,10H,6-7H2. The summed E-state index contributed by atoms with van der Waals surface area (Å²) >= 11 is 0. The van der Waals surface area contributed by atoms with Gasteiger partial charge in [0, 0.05) is 0 Å². The van der Waals surface area contributed by atoms with Gasteiger partial charge in [0.25, 0.3) is 0 Å². The summed E-state index contributed by atoms with van der Waals surface area (Å²) in [7, 11) is 0. The van der Waals surface area contributed by atoms with Gasteiger partial charge in [-0.2, -0.15) is 10.5 Å². The molecule has 15 heavy (non-hydrogen) atoms. The van der Waals surface area contributed by atoms with E-state index in [-0.39, 0.29) is 6.10 Å². The Labute approximate surface area is 87.3 Å². The van der Waals surface area contributed by atoms with E-state index >= 15 is 0 Å². The van der Waals surface area contributed by atoms with Crippen molar-refractivity contribution in [2.45, 2.75) is 6.10 Å². The molecule has 4 heteroatoms. The minimum absolute atomic E-state index is 0.159. The van der Waals surface area contributed by atoms with Gasteiger partial charge in [0.1, 0.15) is 24.5 Å². The molecule has 0 amide bonds. The van der Waals surface area contributed by atoms with E-state index in [0.29, 0.717) is 23.5 Å². The second-order valence-corrected chi connectivity index (χ2v) is 3.20. The van der Waals surface area contributed by atoms with Crippen LogP contribution in [0.1, 0.15) is 11.1 Å².